The van der Waals surface area contributed by atoms with Crippen LogP contribution >= 0.6 is 0 Å². The van der Waals surface area contributed by atoms with Crippen LogP contribution in [-0.4, -0.2) is 9.13 Å². The predicted octanol–water partition coefficient (Wildman–Crippen LogP) is 14.3. The van der Waals surface area contributed by atoms with Crippen molar-refractivity contribution >= 4 is 43.6 Å². The summed E-state index contributed by atoms with van der Waals surface area (Å²) in [5.74, 6) is 0. The minimum Gasteiger partial charge on any atom is -0.308 e. The van der Waals surface area contributed by atoms with Crippen molar-refractivity contribution in [3.05, 3.63) is 192 Å². The highest BCUT2D eigenvalue weighted by atomic mass is 19.4. The van der Waals surface area contributed by atoms with Gasteiger partial charge in [0.25, 0.3) is 0 Å². The molecule has 10 aromatic rings. The van der Waals surface area contributed by atoms with Crippen molar-refractivity contribution in [2.24, 2.45) is 0 Å². The highest BCUT2D eigenvalue weighted by Crippen LogP contribution is 2.45. The Morgan fingerprint density at radius 1 is 0.417 bits per heavy atom. The number of fused-ring (bicyclic) bond motifs is 6. The van der Waals surface area contributed by atoms with Gasteiger partial charge in [0.05, 0.1) is 62.3 Å². The van der Waals surface area contributed by atoms with Gasteiger partial charge in [-0.15, -0.1) is 0 Å². The molecule has 0 bridgehead atoms. The first-order chi connectivity index (χ1) is 29.1. The van der Waals surface area contributed by atoms with Gasteiger partial charge in [0.1, 0.15) is 0 Å². The van der Waals surface area contributed by atoms with Crippen LogP contribution in [0.5, 0.6) is 0 Å². The molecule has 0 aliphatic carbocycles. The molecule has 0 aliphatic rings. The zero-order chi connectivity index (χ0) is 41.3. The topological polar surface area (TPSA) is 57.4 Å². The van der Waals surface area contributed by atoms with E-state index in [-0.39, 0.29) is 11.1 Å². The van der Waals surface area contributed by atoms with E-state index in [1.807, 2.05) is 88.0 Å². The van der Waals surface area contributed by atoms with Gasteiger partial charge in [-0.05, 0) is 108 Å². The van der Waals surface area contributed by atoms with Gasteiger partial charge in [0.15, 0.2) is 0 Å². The molecular weight excluding hydrogens is 750 g/mol. The number of nitrogens with zero attached hydrogens (tertiary/aromatic N) is 4. The fourth-order valence-electron chi connectivity index (χ4n) is 8.80. The molecule has 0 radical (unpaired) electrons. The maximum absolute atomic E-state index is 14.7. The summed E-state index contributed by atoms with van der Waals surface area (Å²) in [6.07, 6.45) is -4.73. The average molecular weight is 783 g/mol. The molecule has 7 heteroatoms. The Labute approximate surface area is 343 Å². The fraction of sp³-hybridized carbons (Fsp3) is 0.0566. The molecule has 2 heterocycles. The van der Waals surface area contributed by atoms with Crippen LogP contribution in [0.1, 0.15) is 27.8 Å². The second-order valence-electron chi connectivity index (χ2n) is 15.3. The Hall–Kier alpha value is -7.87. The van der Waals surface area contributed by atoms with Crippen molar-refractivity contribution in [2.75, 3.05) is 0 Å². The van der Waals surface area contributed by atoms with Crippen LogP contribution in [0.3, 0.4) is 0 Å². The van der Waals surface area contributed by atoms with Crippen LogP contribution < -0.4 is 0 Å². The minimum atomic E-state index is -4.73. The maximum atomic E-state index is 14.7. The standard InChI is InChI=1S/C53H33F3N4/c1-32-9-7-11-36(21-32)38-17-19-48-44(28-38)42-13-3-5-15-46(42)59(48)50-25-35(31-58)26-51(52(50)40-23-34(30-57)24-41(27-40)53(54,55)56)60-47-16-6-4-14-43(47)45-29-39(18-20-49(45)60)37-12-8-10-33(2)22-37/h3-29H,1-2H3. The van der Waals surface area contributed by atoms with Crippen molar-refractivity contribution in [3.8, 4) is 56.9 Å². The lowest BCUT2D eigenvalue weighted by atomic mass is 9.94. The first-order valence-corrected chi connectivity index (χ1v) is 19.5. The van der Waals surface area contributed by atoms with Crippen molar-refractivity contribution in [3.63, 3.8) is 0 Å². The minimum absolute atomic E-state index is 0.129. The molecule has 0 amide bonds. The Kier molecular flexibility index (Phi) is 8.45. The van der Waals surface area contributed by atoms with Gasteiger partial charge in [-0.2, -0.15) is 23.7 Å². The summed E-state index contributed by atoms with van der Waals surface area (Å²) < 4.78 is 48.3. The molecule has 10 rings (SSSR count). The van der Waals surface area contributed by atoms with E-state index in [0.29, 0.717) is 22.5 Å². The molecule has 60 heavy (non-hydrogen) atoms. The molecule has 0 spiro atoms. The molecule has 0 unspecified atom stereocenters. The number of aromatic nitrogens is 2. The lowest BCUT2D eigenvalue weighted by Gasteiger charge is -2.22. The first kappa shape index (κ1) is 36.5. The van der Waals surface area contributed by atoms with E-state index < -0.39 is 11.7 Å². The number of para-hydroxylation sites is 2. The Morgan fingerprint density at radius 2 is 0.867 bits per heavy atom. The Morgan fingerprint density at radius 3 is 1.33 bits per heavy atom. The summed E-state index contributed by atoms with van der Waals surface area (Å²) in [6.45, 7) is 4.11. The molecule has 0 saturated carbocycles. The molecule has 4 nitrogen and oxygen atoms in total. The van der Waals surface area contributed by atoms with Gasteiger partial charge in [-0.25, -0.2) is 0 Å². The van der Waals surface area contributed by atoms with Gasteiger partial charge < -0.3 is 9.13 Å². The van der Waals surface area contributed by atoms with Crippen LogP contribution in [0.2, 0.25) is 0 Å². The predicted molar refractivity (Wildman–Crippen MR) is 235 cm³/mol. The number of halogens is 3. The Balaban J connectivity index is 1.35. The maximum Gasteiger partial charge on any atom is 0.416 e. The van der Waals surface area contributed by atoms with E-state index in [9.17, 15) is 23.7 Å². The number of alkyl halides is 3. The summed E-state index contributed by atoms with van der Waals surface area (Å²) in [5.41, 5.74) is 10.6. The quantitative estimate of drug-likeness (QED) is 0.175. The van der Waals surface area contributed by atoms with Crippen molar-refractivity contribution in [1.29, 1.82) is 10.5 Å². The van der Waals surface area contributed by atoms with Crippen LogP contribution in [0, 0.1) is 36.5 Å². The van der Waals surface area contributed by atoms with Crippen LogP contribution in [0.25, 0.3) is 88.4 Å². The van der Waals surface area contributed by atoms with Gasteiger partial charge in [0, 0.05) is 27.1 Å². The number of hydrogen-bond acceptors (Lipinski definition) is 2. The Bertz CT molecular complexity index is 3300. The molecule has 8 aromatic carbocycles. The zero-order valence-electron chi connectivity index (χ0n) is 32.5. The molecule has 0 aliphatic heterocycles. The van der Waals surface area contributed by atoms with Crippen molar-refractivity contribution in [2.45, 2.75) is 20.0 Å². The van der Waals surface area contributed by atoms with E-state index >= 15 is 0 Å². The lowest BCUT2D eigenvalue weighted by molar-refractivity contribution is -0.137. The van der Waals surface area contributed by atoms with Crippen molar-refractivity contribution in [1.82, 2.24) is 9.13 Å². The SMILES string of the molecule is Cc1cccc(-c2ccc3c(c2)c2ccccc2n3-c2cc(C#N)cc(-n3c4ccccc4c4cc(-c5cccc(C)c5)ccc43)c2-c2cc(C#N)cc(C(F)(F)F)c2)c1. The van der Waals surface area contributed by atoms with E-state index in [0.717, 1.165) is 89.1 Å². The first-order valence-electron chi connectivity index (χ1n) is 19.5. The fourth-order valence-corrected chi connectivity index (χ4v) is 8.80. The van der Waals surface area contributed by atoms with Gasteiger partial charge in [0.2, 0.25) is 0 Å². The summed E-state index contributed by atoms with van der Waals surface area (Å²) in [5, 5.41) is 24.7. The highest BCUT2D eigenvalue weighted by molar-refractivity contribution is 6.13. The zero-order valence-corrected chi connectivity index (χ0v) is 32.5. The molecular formula is C53H33F3N4. The number of rotatable bonds is 5. The monoisotopic (exact) mass is 782 g/mol. The summed E-state index contributed by atoms with van der Waals surface area (Å²) in [6, 6.07) is 56.3. The van der Waals surface area contributed by atoms with Gasteiger partial charge in [-0.1, -0.05) is 108 Å². The van der Waals surface area contributed by atoms with E-state index in [2.05, 4.69) is 80.6 Å². The molecule has 0 atom stereocenters. The number of aryl methyl sites for hydroxylation is 2. The van der Waals surface area contributed by atoms with Gasteiger partial charge >= 0.3 is 6.18 Å². The van der Waals surface area contributed by atoms with Crippen LogP contribution in [0.15, 0.2) is 164 Å². The third kappa shape index (κ3) is 5.99. The van der Waals surface area contributed by atoms with Crippen molar-refractivity contribution < 1.29 is 13.2 Å². The lowest BCUT2D eigenvalue weighted by Crippen LogP contribution is -2.08. The molecule has 0 saturated heterocycles. The molecule has 0 N–H and O–H groups in total. The van der Waals surface area contributed by atoms with Gasteiger partial charge in [-0.3, -0.25) is 0 Å². The third-order valence-electron chi connectivity index (χ3n) is 11.4. The number of nitriles is 2. The van der Waals surface area contributed by atoms with E-state index in [4.69, 9.17) is 0 Å². The summed E-state index contributed by atoms with van der Waals surface area (Å²) in [4.78, 5) is 0. The molecule has 0 fully saturated rings. The molecule has 286 valence electrons. The average Bonchev–Trinajstić information content (AvgIpc) is 3.77. The normalized spacial score (nSPS) is 11.7. The smallest absolute Gasteiger partial charge is 0.308 e. The second kappa shape index (κ2) is 13.9. The van der Waals surface area contributed by atoms with E-state index in [1.54, 1.807) is 12.1 Å². The van der Waals surface area contributed by atoms with Crippen LogP contribution in [0.4, 0.5) is 13.2 Å². The number of benzene rings is 8. The summed E-state index contributed by atoms with van der Waals surface area (Å²) in [7, 11) is 0. The molecule has 2 aromatic heterocycles. The number of hydrogen-bond donors (Lipinski definition) is 0. The van der Waals surface area contributed by atoms with Crippen LogP contribution in [-0.2, 0) is 6.18 Å². The van der Waals surface area contributed by atoms with E-state index in [1.165, 1.54) is 6.07 Å². The second-order valence-corrected chi connectivity index (χ2v) is 15.3. The highest BCUT2D eigenvalue weighted by Gasteiger charge is 2.33. The largest absolute Gasteiger partial charge is 0.416 e. The third-order valence-corrected chi connectivity index (χ3v) is 11.4. The summed E-state index contributed by atoms with van der Waals surface area (Å²) >= 11 is 0.